The van der Waals surface area contributed by atoms with Crippen LogP contribution in [-0.4, -0.2) is 18.9 Å². The first kappa shape index (κ1) is 2.99. The van der Waals surface area contributed by atoms with Crippen molar-refractivity contribution in [3.63, 3.8) is 0 Å². The largest absolute Gasteiger partial charge is 0.362 e. The van der Waals surface area contributed by atoms with E-state index in [2.05, 4.69) is 5.32 Å². The van der Waals surface area contributed by atoms with Gasteiger partial charge in [0.05, 0.1) is 6.61 Å². The molecule has 2 atom stereocenters. The van der Waals surface area contributed by atoms with E-state index in [4.69, 9.17) is 4.74 Å². The van der Waals surface area contributed by atoms with E-state index in [9.17, 15) is 0 Å². The molecule has 2 unspecified atom stereocenters. The van der Waals surface area contributed by atoms with Crippen molar-refractivity contribution in [2.75, 3.05) is 6.61 Å². The highest BCUT2D eigenvalue weighted by atomic mass is 16.5. The molecule has 3 saturated heterocycles. The maximum Gasteiger partial charge on any atom is 0.110 e. The summed E-state index contributed by atoms with van der Waals surface area (Å²) in [5.74, 6) is 0. The minimum Gasteiger partial charge on any atom is -0.362 e. The Labute approximate surface area is 36.5 Å². The van der Waals surface area contributed by atoms with Gasteiger partial charge in [-0.05, 0) is 0 Å². The summed E-state index contributed by atoms with van der Waals surface area (Å²) in [5, 5.41) is 3.19. The topological polar surface area (TPSA) is 21.3 Å². The first-order valence-electron chi connectivity index (χ1n) is 2.33. The maximum atomic E-state index is 5.12. The Morgan fingerprint density at radius 2 is 2.50 bits per heavy atom. The van der Waals surface area contributed by atoms with Gasteiger partial charge >= 0.3 is 0 Å². The lowest BCUT2D eigenvalue weighted by atomic mass is 10.1. The molecule has 0 aromatic rings. The molecule has 0 radical (unpaired) electrons. The Morgan fingerprint density at radius 1 is 1.67 bits per heavy atom. The molecule has 6 heavy (non-hydrogen) atoms. The van der Waals surface area contributed by atoms with Crippen LogP contribution in [0.3, 0.4) is 0 Å². The second-order valence-corrected chi connectivity index (χ2v) is 1.92. The summed E-state index contributed by atoms with van der Waals surface area (Å²) in [6, 6.07) is 0.718. The van der Waals surface area contributed by atoms with Crippen molar-refractivity contribution in [2.45, 2.75) is 18.7 Å². The van der Waals surface area contributed by atoms with Gasteiger partial charge in [-0.15, -0.1) is 0 Å². The number of rotatable bonds is 0. The third-order valence-electron chi connectivity index (χ3n) is 1.42. The normalized spacial score (nSPS) is 52.0. The van der Waals surface area contributed by atoms with Crippen molar-refractivity contribution < 1.29 is 4.74 Å². The van der Waals surface area contributed by atoms with E-state index in [1.54, 1.807) is 0 Å². The zero-order valence-corrected chi connectivity index (χ0v) is 3.48. The van der Waals surface area contributed by atoms with Gasteiger partial charge in [0, 0.05) is 12.5 Å². The second-order valence-electron chi connectivity index (χ2n) is 1.92. The summed E-state index contributed by atoms with van der Waals surface area (Å²) in [6.07, 6.45) is 1.69. The van der Waals surface area contributed by atoms with Crippen LogP contribution in [0.25, 0.3) is 0 Å². The van der Waals surface area contributed by atoms with Crippen LogP contribution >= 0.6 is 0 Å². The standard InChI is InChI=1S/C4H7NO/c1-3-2-6-4(1)5-3/h3-5H,1-2H2. The molecule has 2 nitrogen and oxygen atoms in total. The lowest BCUT2D eigenvalue weighted by Crippen LogP contribution is -2.44. The summed E-state index contributed by atoms with van der Waals surface area (Å²) in [4.78, 5) is 0. The van der Waals surface area contributed by atoms with Crippen LogP contribution in [0.15, 0.2) is 0 Å². The Morgan fingerprint density at radius 3 is 2.67 bits per heavy atom. The zero-order chi connectivity index (χ0) is 3.98. The van der Waals surface area contributed by atoms with Crippen molar-refractivity contribution in [3.05, 3.63) is 0 Å². The van der Waals surface area contributed by atoms with Crippen molar-refractivity contribution in [1.29, 1.82) is 0 Å². The van der Waals surface area contributed by atoms with Crippen LogP contribution < -0.4 is 5.32 Å². The molecule has 34 valence electrons. The van der Waals surface area contributed by atoms with Crippen molar-refractivity contribution >= 4 is 0 Å². The number of nitrogens with one attached hydrogen (secondary N) is 1. The Bertz CT molecular complexity index is 54.4. The lowest BCUT2D eigenvalue weighted by molar-refractivity contribution is 0.105. The molecular weight excluding hydrogens is 78.0 g/mol. The van der Waals surface area contributed by atoms with Crippen LogP contribution in [0.5, 0.6) is 0 Å². The molecule has 3 rings (SSSR count). The Kier molecular flexibility index (Phi) is 0.383. The summed E-state index contributed by atoms with van der Waals surface area (Å²) < 4.78 is 5.12. The molecule has 3 fully saturated rings. The minimum absolute atomic E-state index is 0.440. The highest BCUT2D eigenvalue weighted by Crippen LogP contribution is 2.20. The van der Waals surface area contributed by atoms with Gasteiger partial charge in [-0.3, -0.25) is 5.32 Å². The monoisotopic (exact) mass is 85.1 g/mol. The Hall–Kier alpha value is -0.0800. The molecule has 2 bridgehead atoms. The van der Waals surface area contributed by atoms with Gasteiger partial charge in [0.2, 0.25) is 0 Å². The molecule has 0 aliphatic carbocycles. The highest BCUT2D eigenvalue weighted by Gasteiger charge is 2.36. The molecule has 3 aliphatic rings. The van der Waals surface area contributed by atoms with Crippen molar-refractivity contribution in [1.82, 2.24) is 5.32 Å². The van der Waals surface area contributed by atoms with E-state index < -0.39 is 0 Å². The summed E-state index contributed by atoms with van der Waals surface area (Å²) in [6.45, 7) is 0.949. The predicted octanol–water partition coefficient (Wildman–Crippen LogP) is -0.295. The van der Waals surface area contributed by atoms with E-state index in [1.807, 2.05) is 0 Å². The van der Waals surface area contributed by atoms with Crippen LogP contribution in [-0.2, 0) is 4.74 Å². The fourth-order valence-electron chi connectivity index (χ4n) is 0.962. The second kappa shape index (κ2) is 0.768. The van der Waals surface area contributed by atoms with Crippen LogP contribution in [0.2, 0.25) is 0 Å². The molecule has 0 aromatic heterocycles. The zero-order valence-electron chi connectivity index (χ0n) is 3.48. The smallest absolute Gasteiger partial charge is 0.110 e. The first-order chi connectivity index (χ1) is 2.95. The molecule has 2 heteroatoms. The first-order valence-corrected chi connectivity index (χ1v) is 2.33. The average Bonchev–Trinajstić information content (AvgIpc) is 1.72. The van der Waals surface area contributed by atoms with E-state index >= 15 is 0 Å². The van der Waals surface area contributed by atoms with Crippen LogP contribution in [0.4, 0.5) is 0 Å². The highest BCUT2D eigenvalue weighted by molar-refractivity contribution is 4.88. The van der Waals surface area contributed by atoms with Gasteiger partial charge in [0.1, 0.15) is 6.23 Å². The maximum absolute atomic E-state index is 5.12. The molecule has 0 amide bonds. The molecule has 1 N–H and O–H groups in total. The molecule has 0 aromatic carbocycles. The molecule has 3 heterocycles. The molecule has 0 spiro atoms. The minimum atomic E-state index is 0.440. The fraction of sp³-hybridized carbons (Fsp3) is 1.00. The van der Waals surface area contributed by atoms with E-state index in [-0.39, 0.29) is 0 Å². The quantitative estimate of drug-likeness (QED) is 0.436. The Balaban J connectivity index is 2.16. The summed E-state index contributed by atoms with van der Waals surface area (Å²) in [7, 11) is 0. The van der Waals surface area contributed by atoms with E-state index in [0.29, 0.717) is 6.23 Å². The molecule has 0 saturated carbocycles. The number of hydrogen-bond acceptors (Lipinski definition) is 2. The van der Waals surface area contributed by atoms with Crippen LogP contribution in [0.1, 0.15) is 6.42 Å². The van der Waals surface area contributed by atoms with Gasteiger partial charge in [0.25, 0.3) is 0 Å². The van der Waals surface area contributed by atoms with Crippen LogP contribution in [0, 0.1) is 0 Å². The third kappa shape index (κ3) is 0.200. The summed E-state index contributed by atoms with van der Waals surface area (Å²) in [5.41, 5.74) is 0. The molecular formula is C4H7NO. The van der Waals surface area contributed by atoms with E-state index in [1.165, 1.54) is 6.42 Å². The van der Waals surface area contributed by atoms with Gasteiger partial charge in [-0.1, -0.05) is 0 Å². The van der Waals surface area contributed by atoms with Gasteiger partial charge in [-0.25, -0.2) is 0 Å². The van der Waals surface area contributed by atoms with Crippen molar-refractivity contribution in [2.24, 2.45) is 0 Å². The number of ether oxygens (including phenoxy) is 1. The van der Waals surface area contributed by atoms with Crippen molar-refractivity contribution in [3.8, 4) is 0 Å². The van der Waals surface area contributed by atoms with Gasteiger partial charge < -0.3 is 4.74 Å². The lowest BCUT2D eigenvalue weighted by Gasteiger charge is -2.20. The van der Waals surface area contributed by atoms with E-state index in [0.717, 1.165) is 12.6 Å². The SMILES string of the molecule is C1OC2CC1N2. The van der Waals surface area contributed by atoms with Gasteiger partial charge in [0.15, 0.2) is 0 Å². The average molecular weight is 85.1 g/mol. The predicted molar refractivity (Wildman–Crippen MR) is 21.3 cm³/mol. The number of hydrogen-bond donors (Lipinski definition) is 1. The molecule has 3 aliphatic heterocycles. The third-order valence-corrected chi connectivity index (χ3v) is 1.42. The summed E-state index contributed by atoms with van der Waals surface area (Å²) >= 11 is 0. The van der Waals surface area contributed by atoms with Gasteiger partial charge in [-0.2, -0.15) is 0 Å². The fourth-order valence-corrected chi connectivity index (χ4v) is 0.962. The number of fused-ring (bicyclic) bond motifs is 1.